The van der Waals surface area contributed by atoms with E-state index in [-0.39, 0.29) is 0 Å². The first-order chi connectivity index (χ1) is 7.06. The summed E-state index contributed by atoms with van der Waals surface area (Å²) < 4.78 is 0. The van der Waals surface area contributed by atoms with Crippen LogP contribution in [-0.4, -0.2) is 14.1 Å². The Hall–Kier alpha value is -1.67. The van der Waals surface area contributed by atoms with Gasteiger partial charge in [-0.25, -0.2) is 0 Å². The molecule has 80 valence electrons. The van der Waals surface area contributed by atoms with Crippen molar-refractivity contribution in [3.63, 3.8) is 0 Å². The van der Waals surface area contributed by atoms with Gasteiger partial charge in [0, 0.05) is 24.7 Å². The molecule has 15 heavy (non-hydrogen) atoms. The molecule has 0 saturated heterocycles. The van der Waals surface area contributed by atoms with E-state index in [4.69, 9.17) is 5.53 Å². The predicted molar refractivity (Wildman–Crippen MR) is 63.1 cm³/mol. The second-order valence-corrected chi connectivity index (χ2v) is 3.85. The topological polar surface area (TPSA) is 52.0 Å². The lowest BCUT2D eigenvalue weighted by atomic mass is 10.0. The summed E-state index contributed by atoms with van der Waals surface area (Å²) >= 11 is 0. The summed E-state index contributed by atoms with van der Waals surface area (Å²) in [6, 6.07) is 4.21. The van der Waals surface area contributed by atoms with Crippen LogP contribution in [-0.2, 0) is 6.54 Å². The van der Waals surface area contributed by atoms with Crippen molar-refractivity contribution in [2.75, 3.05) is 19.0 Å². The summed E-state index contributed by atoms with van der Waals surface area (Å²) in [5.74, 6) is 0. The number of nitrogens with zero attached hydrogens (tertiary/aromatic N) is 4. The van der Waals surface area contributed by atoms with Gasteiger partial charge in [0.1, 0.15) is 0 Å². The molecule has 0 aliphatic rings. The van der Waals surface area contributed by atoms with Gasteiger partial charge >= 0.3 is 0 Å². The second-order valence-electron chi connectivity index (χ2n) is 3.85. The normalized spacial score (nSPS) is 9.60. The molecule has 1 rings (SSSR count). The molecule has 0 atom stereocenters. The number of benzene rings is 1. The van der Waals surface area contributed by atoms with Crippen molar-refractivity contribution in [3.05, 3.63) is 39.3 Å². The van der Waals surface area contributed by atoms with Gasteiger partial charge in [0.25, 0.3) is 0 Å². The lowest BCUT2D eigenvalue weighted by Gasteiger charge is -2.18. The molecule has 0 heterocycles. The second kappa shape index (κ2) is 4.71. The van der Waals surface area contributed by atoms with Gasteiger partial charge in [0.05, 0.1) is 6.54 Å². The van der Waals surface area contributed by atoms with Gasteiger partial charge in [-0.05, 0) is 42.1 Å². The summed E-state index contributed by atoms with van der Waals surface area (Å²) in [6.45, 7) is 4.55. The molecule has 0 radical (unpaired) electrons. The molecule has 0 aromatic heterocycles. The van der Waals surface area contributed by atoms with Crippen LogP contribution in [0.5, 0.6) is 0 Å². The Kier molecular flexibility index (Phi) is 3.58. The number of azide groups is 1. The van der Waals surface area contributed by atoms with Gasteiger partial charge in [0.2, 0.25) is 0 Å². The number of aryl methyl sites for hydroxylation is 2. The van der Waals surface area contributed by atoms with Crippen LogP contribution in [0, 0.1) is 13.8 Å². The summed E-state index contributed by atoms with van der Waals surface area (Å²) in [4.78, 5) is 4.83. The van der Waals surface area contributed by atoms with E-state index in [0.29, 0.717) is 6.54 Å². The maximum Gasteiger partial charge on any atom is 0.0531 e. The van der Waals surface area contributed by atoms with E-state index < -0.39 is 0 Å². The van der Waals surface area contributed by atoms with E-state index in [1.54, 1.807) is 0 Å². The number of hydrogen-bond acceptors (Lipinski definition) is 2. The Morgan fingerprint density at radius 2 is 1.87 bits per heavy atom. The molecule has 0 aliphatic heterocycles. The molecular weight excluding hydrogens is 188 g/mol. The molecule has 1 aromatic carbocycles. The van der Waals surface area contributed by atoms with Crippen molar-refractivity contribution < 1.29 is 0 Å². The largest absolute Gasteiger partial charge is 0.377 e. The first-order valence-corrected chi connectivity index (χ1v) is 4.84. The van der Waals surface area contributed by atoms with Crippen molar-refractivity contribution in [1.82, 2.24) is 0 Å². The summed E-state index contributed by atoms with van der Waals surface area (Å²) in [5, 5.41) is 3.61. The van der Waals surface area contributed by atoms with Gasteiger partial charge in [0.15, 0.2) is 0 Å². The summed E-state index contributed by atoms with van der Waals surface area (Å²) in [5.41, 5.74) is 13.0. The Balaban J connectivity index is 3.21. The Bertz CT molecular complexity index is 403. The average molecular weight is 204 g/mol. The third kappa shape index (κ3) is 2.64. The Labute approximate surface area is 90.1 Å². The monoisotopic (exact) mass is 204 g/mol. The molecular formula is C11H16N4. The maximum atomic E-state index is 8.33. The van der Waals surface area contributed by atoms with Gasteiger partial charge in [-0.3, -0.25) is 0 Å². The molecule has 0 N–H and O–H groups in total. The van der Waals surface area contributed by atoms with E-state index in [1.165, 1.54) is 11.1 Å². The van der Waals surface area contributed by atoms with E-state index in [1.807, 2.05) is 19.0 Å². The molecule has 4 heteroatoms. The smallest absolute Gasteiger partial charge is 0.0531 e. The van der Waals surface area contributed by atoms with Crippen LogP contribution in [0.3, 0.4) is 0 Å². The van der Waals surface area contributed by atoms with Gasteiger partial charge < -0.3 is 4.90 Å². The first kappa shape index (κ1) is 11.4. The third-order valence-electron chi connectivity index (χ3n) is 2.48. The first-order valence-electron chi connectivity index (χ1n) is 4.84. The standard InChI is InChI=1S/C11H16N4/c1-8-5-10(7-13-14-12)11(15(3)4)6-9(8)2/h5-6H,7H2,1-4H3. The highest BCUT2D eigenvalue weighted by Gasteiger charge is 2.06. The molecule has 1 aromatic rings. The molecule has 4 nitrogen and oxygen atoms in total. The molecule has 0 amide bonds. The van der Waals surface area contributed by atoms with Gasteiger partial charge in [-0.2, -0.15) is 0 Å². The van der Waals surface area contributed by atoms with Gasteiger partial charge in [-0.1, -0.05) is 11.2 Å². The highest BCUT2D eigenvalue weighted by molar-refractivity contribution is 5.56. The van der Waals surface area contributed by atoms with Crippen LogP contribution < -0.4 is 4.90 Å². The molecule has 0 spiro atoms. The SMILES string of the molecule is Cc1cc(CN=[N+]=[N-])c(N(C)C)cc1C. The van der Waals surface area contributed by atoms with Crippen LogP contribution in [0.15, 0.2) is 17.2 Å². The molecule has 0 aliphatic carbocycles. The zero-order chi connectivity index (χ0) is 11.4. The van der Waals surface area contributed by atoms with Crippen LogP contribution in [0.2, 0.25) is 0 Å². The fourth-order valence-electron chi connectivity index (χ4n) is 1.51. The van der Waals surface area contributed by atoms with Crippen LogP contribution in [0.4, 0.5) is 5.69 Å². The van der Waals surface area contributed by atoms with Gasteiger partial charge in [-0.15, -0.1) is 0 Å². The van der Waals surface area contributed by atoms with E-state index in [0.717, 1.165) is 11.3 Å². The molecule has 0 saturated carbocycles. The molecule has 0 unspecified atom stereocenters. The third-order valence-corrected chi connectivity index (χ3v) is 2.48. The minimum Gasteiger partial charge on any atom is -0.377 e. The maximum absolute atomic E-state index is 8.33. The number of anilines is 1. The predicted octanol–water partition coefficient (Wildman–Crippen LogP) is 3.18. The quantitative estimate of drug-likeness (QED) is 0.424. The zero-order valence-electron chi connectivity index (χ0n) is 9.65. The molecule has 0 bridgehead atoms. The van der Waals surface area contributed by atoms with Crippen molar-refractivity contribution >= 4 is 5.69 Å². The summed E-state index contributed by atoms with van der Waals surface area (Å²) in [6.07, 6.45) is 0. The fourth-order valence-corrected chi connectivity index (χ4v) is 1.51. The van der Waals surface area contributed by atoms with Crippen molar-refractivity contribution in [3.8, 4) is 0 Å². The lowest BCUT2D eigenvalue weighted by Crippen LogP contribution is -2.11. The zero-order valence-corrected chi connectivity index (χ0v) is 9.65. The highest BCUT2D eigenvalue weighted by Crippen LogP contribution is 2.23. The fraction of sp³-hybridized carbons (Fsp3) is 0.455. The minimum atomic E-state index is 0.408. The van der Waals surface area contributed by atoms with E-state index >= 15 is 0 Å². The average Bonchev–Trinajstić information content (AvgIpc) is 2.19. The van der Waals surface area contributed by atoms with Crippen molar-refractivity contribution in [2.24, 2.45) is 5.11 Å². The highest BCUT2D eigenvalue weighted by atomic mass is 15.1. The Morgan fingerprint density at radius 3 is 2.40 bits per heavy atom. The number of rotatable bonds is 3. The van der Waals surface area contributed by atoms with Crippen LogP contribution in [0.1, 0.15) is 16.7 Å². The van der Waals surface area contributed by atoms with Crippen molar-refractivity contribution in [2.45, 2.75) is 20.4 Å². The van der Waals surface area contributed by atoms with E-state index in [2.05, 4.69) is 36.0 Å². The molecule has 0 fully saturated rings. The lowest BCUT2D eigenvalue weighted by molar-refractivity contribution is 1.00. The van der Waals surface area contributed by atoms with E-state index in [9.17, 15) is 0 Å². The number of hydrogen-bond donors (Lipinski definition) is 0. The summed E-state index contributed by atoms with van der Waals surface area (Å²) in [7, 11) is 3.98. The van der Waals surface area contributed by atoms with Crippen LogP contribution >= 0.6 is 0 Å². The van der Waals surface area contributed by atoms with Crippen LogP contribution in [0.25, 0.3) is 10.4 Å². The van der Waals surface area contributed by atoms with Crippen molar-refractivity contribution in [1.29, 1.82) is 0 Å². The Morgan fingerprint density at radius 1 is 1.27 bits per heavy atom. The minimum absolute atomic E-state index is 0.408.